The Balaban J connectivity index is 1.53. The van der Waals surface area contributed by atoms with Gasteiger partial charge in [0.2, 0.25) is 4.96 Å². The van der Waals surface area contributed by atoms with Gasteiger partial charge in [0, 0.05) is 17.2 Å². The number of nitrogens with one attached hydrogen (secondary N) is 1. The summed E-state index contributed by atoms with van der Waals surface area (Å²) in [5.74, 6) is 1.39. The van der Waals surface area contributed by atoms with Crippen molar-refractivity contribution >= 4 is 22.2 Å². The molecule has 0 bridgehead atoms. The van der Waals surface area contributed by atoms with E-state index in [-0.39, 0.29) is 18.0 Å². The Labute approximate surface area is 187 Å². The molecule has 0 unspecified atom stereocenters. The number of rotatable bonds is 7. The number of carbonyl (C=O) groups is 1. The lowest BCUT2D eigenvalue weighted by Crippen LogP contribution is -2.25. The van der Waals surface area contributed by atoms with E-state index < -0.39 is 0 Å². The SMILES string of the molecule is COc1ccc(-c2nn3c(=O)cc(CNC(=O)c4ccc(OC)c(OC)c4)nc3s2)cc1. The molecule has 164 valence electrons. The van der Waals surface area contributed by atoms with E-state index in [1.165, 1.54) is 36.1 Å². The third kappa shape index (κ3) is 4.26. The number of hydrogen-bond acceptors (Lipinski definition) is 8. The first-order chi connectivity index (χ1) is 15.5. The lowest BCUT2D eigenvalue weighted by molar-refractivity contribution is 0.0950. The van der Waals surface area contributed by atoms with Crippen LogP contribution in [0.1, 0.15) is 16.1 Å². The van der Waals surface area contributed by atoms with Gasteiger partial charge in [-0.05, 0) is 42.5 Å². The molecule has 0 saturated heterocycles. The fourth-order valence-electron chi connectivity index (χ4n) is 3.05. The molecule has 2 aromatic carbocycles. The van der Waals surface area contributed by atoms with Gasteiger partial charge in [0.15, 0.2) is 11.5 Å². The molecule has 0 aliphatic rings. The summed E-state index contributed by atoms with van der Waals surface area (Å²) in [6.45, 7) is 0.0920. The molecule has 0 atom stereocenters. The topological polar surface area (TPSA) is 104 Å². The zero-order valence-corrected chi connectivity index (χ0v) is 18.4. The molecule has 9 nitrogen and oxygen atoms in total. The minimum atomic E-state index is -0.323. The molecule has 4 rings (SSSR count). The van der Waals surface area contributed by atoms with Crippen LogP contribution in [0.2, 0.25) is 0 Å². The number of carbonyl (C=O) groups excluding carboxylic acids is 1. The molecular weight excluding hydrogens is 432 g/mol. The van der Waals surface area contributed by atoms with E-state index >= 15 is 0 Å². The largest absolute Gasteiger partial charge is 0.497 e. The smallest absolute Gasteiger partial charge is 0.275 e. The number of fused-ring (bicyclic) bond motifs is 1. The highest BCUT2D eigenvalue weighted by molar-refractivity contribution is 7.19. The predicted octanol–water partition coefficient (Wildman–Crippen LogP) is 2.77. The van der Waals surface area contributed by atoms with E-state index in [0.29, 0.717) is 32.7 Å². The standard InChI is InChI=1S/C22H20N4O5S/c1-29-16-7-4-13(5-8-16)21-25-26-19(27)11-15(24-22(26)32-21)12-23-20(28)14-6-9-17(30-2)18(10-14)31-3/h4-11H,12H2,1-3H3,(H,23,28). The summed E-state index contributed by atoms with van der Waals surface area (Å²) in [6, 6.07) is 13.6. The molecule has 0 aliphatic heterocycles. The number of hydrogen-bond donors (Lipinski definition) is 1. The maximum absolute atomic E-state index is 12.5. The third-order valence-electron chi connectivity index (χ3n) is 4.71. The highest BCUT2D eigenvalue weighted by Gasteiger charge is 2.13. The van der Waals surface area contributed by atoms with Gasteiger partial charge in [-0.1, -0.05) is 11.3 Å². The first kappa shape index (κ1) is 21.3. The van der Waals surface area contributed by atoms with E-state index in [4.69, 9.17) is 14.2 Å². The second-order valence-corrected chi connectivity index (χ2v) is 7.62. The summed E-state index contributed by atoms with van der Waals surface area (Å²) >= 11 is 1.29. The Kier molecular flexibility index (Phi) is 6.04. The number of nitrogens with zero attached hydrogens (tertiary/aromatic N) is 3. The molecule has 10 heteroatoms. The second-order valence-electron chi connectivity index (χ2n) is 6.67. The summed E-state index contributed by atoms with van der Waals surface area (Å²) in [6.07, 6.45) is 0. The van der Waals surface area contributed by atoms with Gasteiger partial charge < -0.3 is 19.5 Å². The molecule has 0 fully saturated rings. The van der Waals surface area contributed by atoms with Crippen molar-refractivity contribution in [3.05, 3.63) is 70.1 Å². The Morgan fingerprint density at radius 2 is 1.75 bits per heavy atom. The van der Waals surface area contributed by atoms with Crippen LogP contribution in [0.3, 0.4) is 0 Å². The molecule has 1 amide bonds. The van der Waals surface area contributed by atoms with Gasteiger partial charge in [-0.2, -0.15) is 9.61 Å². The van der Waals surface area contributed by atoms with Crippen LogP contribution in [0.15, 0.2) is 53.3 Å². The molecule has 2 aromatic heterocycles. The summed E-state index contributed by atoms with van der Waals surface area (Å²) in [5.41, 5.74) is 1.37. The highest BCUT2D eigenvalue weighted by Crippen LogP contribution is 2.28. The first-order valence-electron chi connectivity index (χ1n) is 9.57. The quantitative estimate of drug-likeness (QED) is 0.460. The molecule has 0 radical (unpaired) electrons. The molecule has 2 heterocycles. The fourth-order valence-corrected chi connectivity index (χ4v) is 3.98. The van der Waals surface area contributed by atoms with Gasteiger partial charge in [-0.25, -0.2) is 4.98 Å². The molecular formula is C22H20N4O5S. The van der Waals surface area contributed by atoms with Crippen LogP contribution in [0, 0.1) is 0 Å². The van der Waals surface area contributed by atoms with Crippen LogP contribution in [0.5, 0.6) is 17.2 Å². The van der Waals surface area contributed by atoms with Gasteiger partial charge >= 0.3 is 0 Å². The molecule has 32 heavy (non-hydrogen) atoms. The first-order valence-corrected chi connectivity index (χ1v) is 10.4. The molecule has 0 saturated carbocycles. The maximum atomic E-state index is 12.5. The average molecular weight is 452 g/mol. The highest BCUT2D eigenvalue weighted by atomic mass is 32.1. The summed E-state index contributed by atoms with van der Waals surface area (Å²) < 4.78 is 16.8. The van der Waals surface area contributed by atoms with Gasteiger partial charge in [-0.3, -0.25) is 9.59 Å². The minimum absolute atomic E-state index is 0.0920. The van der Waals surface area contributed by atoms with E-state index in [1.807, 2.05) is 24.3 Å². The van der Waals surface area contributed by atoms with Crippen molar-refractivity contribution in [1.29, 1.82) is 0 Å². The zero-order valence-electron chi connectivity index (χ0n) is 17.6. The van der Waals surface area contributed by atoms with Crippen LogP contribution in [0.25, 0.3) is 15.5 Å². The van der Waals surface area contributed by atoms with E-state index in [9.17, 15) is 9.59 Å². The summed E-state index contributed by atoms with van der Waals surface area (Å²) in [4.78, 5) is 30.0. The maximum Gasteiger partial charge on any atom is 0.275 e. The summed E-state index contributed by atoms with van der Waals surface area (Å²) in [7, 11) is 4.63. The van der Waals surface area contributed by atoms with Gasteiger partial charge in [-0.15, -0.1) is 0 Å². The number of aromatic nitrogens is 3. The third-order valence-corrected chi connectivity index (χ3v) is 5.67. The van der Waals surface area contributed by atoms with Crippen molar-refractivity contribution < 1.29 is 19.0 Å². The number of methoxy groups -OCH3 is 3. The Morgan fingerprint density at radius 3 is 2.44 bits per heavy atom. The fraction of sp³-hybridized carbons (Fsp3) is 0.182. The van der Waals surface area contributed by atoms with Crippen LogP contribution in [0.4, 0.5) is 0 Å². The van der Waals surface area contributed by atoms with E-state index in [2.05, 4.69) is 15.4 Å². The van der Waals surface area contributed by atoms with Crippen molar-refractivity contribution in [3.8, 4) is 27.8 Å². The Hall–Kier alpha value is -3.92. The minimum Gasteiger partial charge on any atom is -0.497 e. The van der Waals surface area contributed by atoms with Gasteiger partial charge in [0.05, 0.1) is 33.6 Å². The van der Waals surface area contributed by atoms with Gasteiger partial charge in [0.25, 0.3) is 11.5 Å². The molecule has 0 spiro atoms. The van der Waals surface area contributed by atoms with Crippen molar-refractivity contribution in [2.45, 2.75) is 6.54 Å². The predicted molar refractivity (Wildman–Crippen MR) is 120 cm³/mol. The lowest BCUT2D eigenvalue weighted by atomic mass is 10.2. The molecule has 4 aromatic rings. The number of amides is 1. The number of ether oxygens (including phenoxy) is 3. The zero-order chi connectivity index (χ0) is 22.7. The van der Waals surface area contributed by atoms with Crippen molar-refractivity contribution in [2.24, 2.45) is 0 Å². The second kappa shape index (κ2) is 9.06. The van der Waals surface area contributed by atoms with Crippen LogP contribution >= 0.6 is 11.3 Å². The van der Waals surface area contributed by atoms with E-state index in [1.54, 1.807) is 25.3 Å². The number of benzene rings is 2. The molecule has 1 N–H and O–H groups in total. The Morgan fingerprint density at radius 1 is 1.00 bits per heavy atom. The van der Waals surface area contributed by atoms with Crippen LogP contribution in [-0.4, -0.2) is 41.8 Å². The normalized spacial score (nSPS) is 10.7. The van der Waals surface area contributed by atoms with Crippen LogP contribution < -0.4 is 25.1 Å². The van der Waals surface area contributed by atoms with Crippen molar-refractivity contribution in [3.63, 3.8) is 0 Å². The Bertz CT molecular complexity index is 1330. The van der Waals surface area contributed by atoms with Crippen molar-refractivity contribution in [2.75, 3.05) is 21.3 Å². The van der Waals surface area contributed by atoms with Gasteiger partial charge in [0.1, 0.15) is 10.8 Å². The summed E-state index contributed by atoms with van der Waals surface area (Å²) in [5, 5.41) is 7.79. The molecule has 0 aliphatic carbocycles. The monoisotopic (exact) mass is 452 g/mol. The van der Waals surface area contributed by atoms with Crippen LogP contribution in [-0.2, 0) is 6.54 Å². The van der Waals surface area contributed by atoms with E-state index in [0.717, 1.165) is 11.3 Å². The lowest BCUT2D eigenvalue weighted by Gasteiger charge is -2.10. The average Bonchev–Trinajstić information content (AvgIpc) is 3.27. The van der Waals surface area contributed by atoms with Crippen molar-refractivity contribution in [1.82, 2.24) is 19.9 Å².